The minimum absolute atomic E-state index is 3.89. The van der Waals surface area contributed by atoms with Gasteiger partial charge in [-0.15, -0.1) is 0 Å². The number of rotatable bonds is 7. The van der Waals surface area contributed by atoms with Gasteiger partial charge in [-0.25, -0.2) is 132 Å². The summed E-state index contributed by atoms with van der Waals surface area (Å²) in [5.41, 5.74) is 0. The smallest absolute Gasteiger partial charge is 0.200 e. The van der Waals surface area contributed by atoms with E-state index in [-0.39, 0.29) is 0 Å². The van der Waals surface area contributed by atoms with Crippen LogP contribution in [0.4, 0.5) is 132 Å². The standard InChI is InChI=1S/C36F30Si2/c37-1-7(43)19(55)31(20(56)8(1)44)67(32-21(57)9(45)2(38)10(46)22(32)58,33-23(59)11(47)3(39)12(48)24(33)60)68(34-25(61)13(49)4(40)14(50)26(34)62,35-27(63)15(51)5(41)16(52)28(35)64)36-29(65)17(53)6(42)18(54)30(36)66. The lowest BCUT2D eigenvalue weighted by Crippen LogP contribution is -2.98. The van der Waals surface area contributed by atoms with E-state index in [1.165, 1.54) is 0 Å². The molecule has 0 bridgehead atoms. The van der Waals surface area contributed by atoms with Crippen LogP contribution in [0.3, 0.4) is 0 Å². The summed E-state index contributed by atoms with van der Waals surface area (Å²) in [6.07, 6.45) is 0. The highest BCUT2D eigenvalue weighted by Gasteiger charge is 2.75. The lowest BCUT2D eigenvalue weighted by Gasteiger charge is -2.49. The maximum Gasteiger partial charge on any atom is 0.200 e. The van der Waals surface area contributed by atoms with Crippen molar-refractivity contribution in [3.63, 3.8) is 0 Å². The Bertz CT molecular complexity index is 2530. The van der Waals surface area contributed by atoms with E-state index in [4.69, 9.17) is 0 Å². The average Bonchev–Trinajstić information content (AvgIpc) is 3.30. The Balaban J connectivity index is 2.49. The quantitative estimate of drug-likeness (QED) is 0.0495. The fraction of sp³-hybridized carbons (Fsp3) is 0. The normalized spacial score (nSPS) is 12.3. The maximum atomic E-state index is 16.8. The molecule has 0 saturated heterocycles. The van der Waals surface area contributed by atoms with Gasteiger partial charge in [0.1, 0.15) is 0 Å². The molecule has 6 aromatic carbocycles. The van der Waals surface area contributed by atoms with Gasteiger partial charge in [0.25, 0.3) is 0 Å². The molecule has 0 nitrogen and oxygen atoms in total. The summed E-state index contributed by atoms with van der Waals surface area (Å²) in [6.45, 7) is 0. The van der Waals surface area contributed by atoms with E-state index in [1.807, 2.05) is 0 Å². The molecule has 0 fully saturated rings. The Labute approximate surface area is 352 Å². The molecule has 0 radical (unpaired) electrons. The molecular formula is C36F30Si2. The molecule has 68 heavy (non-hydrogen) atoms. The van der Waals surface area contributed by atoms with Crippen LogP contribution < -0.4 is 31.1 Å². The molecule has 32 heteroatoms. The van der Waals surface area contributed by atoms with Crippen molar-refractivity contribution in [1.29, 1.82) is 0 Å². The van der Waals surface area contributed by atoms with Crippen LogP contribution >= 0.6 is 0 Å². The molecule has 0 aliphatic carbocycles. The first-order valence-electron chi connectivity index (χ1n) is 16.4. The molecule has 0 amide bonds. The lowest BCUT2D eigenvalue weighted by atomic mass is 10.3. The molecule has 0 atom stereocenters. The molecule has 0 N–H and O–H groups in total. The van der Waals surface area contributed by atoms with E-state index in [0.29, 0.717) is 0 Å². The molecule has 0 heterocycles. The van der Waals surface area contributed by atoms with Gasteiger partial charge in [0.2, 0.25) is 34.9 Å². The first kappa shape index (κ1) is 51.1. The molecule has 0 aliphatic rings. The van der Waals surface area contributed by atoms with Crippen LogP contribution in [-0.4, -0.2) is 15.2 Å². The number of halogens is 30. The lowest BCUT2D eigenvalue weighted by molar-refractivity contribution is 0.378. The van der Waals surface area contributed by atoms with Crippen LogP contribution in [0.15, 0.2) is 0 Å². The van der Waals surface area contributed by atoms with Gasteiger partial charge in [0.05, 0.1) is 0 Å². The Kier molecular flexibility index (Phi) is 12.5. The van der Waals surface area contributed by atoms with Gasteiger partial charge in [-0.05, 0) is 0 Å². The average molecular weight is 1060 g/mol. The topological polar surface area (TPSA) is 0 Å². The summed E-state index contributed by atoms with van der Waals surface area (Å²) in [5.74, 6) is -128. The second-order valence-electron chi connectivity index (χ2n) is 13.2. The molecular weight excluding hydrogens is 1060 g/mol. The van der Waals surface area contributed by atoms with Gasteiger partial charge < -0.3 is 0 Å². The van der Waals surface area contributed by atoms with Crippen molar-refractivity contribution in [1.82, 2.24) is 0 Å². The van der Waals surface area contributed by atoms with Crippen LogP contribution in [0.25, 0.3) is 0 Å². The minimum Gasteiger partial charge on any atom is -0.204 e. The number of hydrogen-bond donors (Lipinski definition) is 0. The zero-order valence-corrected chi connectivity index (χ0v) is 32.3. The van der Waals surface area contributed by atoms with Crippen LogP contribution in [0.1, 0.15) is 0 Å². The molecule has 0 unspecified atom stereocenters. The van der Waals surface area contributed by atoms with Crippen LogP contribution in [0.5, 0.6) is 0 Å². The number of hydrogen-bond acceptors (Lipinski definition) is 0. The monoisotopic (exact) mass is 1060 g/mol. The third-order valence-electron chi connectivity index (χ3n) is 10.1. The zero-order valence-electron chi connectivity index (χ0n) is 30.3. The van der Waals surface area contributed by atoms with E-state index in [0.717, 1.165) is 0 Å². The van der Waals surface area contributed by atoms with E-state index in [2.05, 4.69) is 0 Å². The van der Waals surface area contributed by atoms with Crippen LogP contribution in [0, 0.1) is 175 Å². The highest BCUT2D eigenvalue weighted by molar-refractivity contribution is 7.67. The van der Waals surface area contributed by atoms with E-state index in [1.54, 1.807) is 0 Å². The fourth-order valence-corrected chi connectivity index (χ4v) is 27.2. The van der Waals surface area contributed by atoms with Crippen molar-refractivity contribution in [3.05, 3.63) is 175 Å². The van der Waals surface area contributed by atoms with Crippen LogP contribution in [0.2, 0.25) is 0 Å². The third kappa shape index (κ3) is 6.15. The van der Waals surface area contributed by atoms with Crippen molar-refractivity contribution in [3.8, 4) is 0 Å². The van der Waals surface area contributed by atoms with Crippen molar-refractivity contribution < 1.29 is 132 Å². The van der Waals surface area contributed by atoms with Gasteiger partial charge in [-0.3, -0.25) is 0 Å². The summed E-state index contributed by atoms with van der Waals surface area (Å²) in [7, 11) is -21.4. The summed E-state index contributed by atoms with van der Waals surface area (Å²) in [4.78, 5) is 0. The van der Waals surface area contributed by atoms with Gasteiger partial charge >= 0.3 is 0 Å². The van der Waals surface area contributed by atoms with E-state index >= 15 is 105 Å². The zero-order chi connectivity index (χ0) is 51.8. The predicted molar refractivity (Wildman–Crippen MR) is 167 cm³/mol. The Hall–Kier alpha value is -6.35. The van der Waals surface area contributed by atoms with E-state index < -0.39 is 221 Å². The second-order valence-corrected chi connectivity index (χ2v) is 23.7. The fourth-order valence-electron chi connectivity index (χ4n) is 7.48. The van der Waals surface area contributed by atoms with Gasteiger partial charge in [-0.2, -0.15) is 0 Å². The Morgan fingerprint density at radius 1 is 0.103 bits per heavy atom. The first-order valence-corrected chi connectivity index (χ1v) is 21.4. The van der Waals surface area contributed by atoms with Crippen molar-refractivity contribution in [2.75, 3.05) is 0 Å². The summed E-state index contributed by atoms with van der Waals surface area (Å²) < 4.78 is 478. The maximum absolute atomic E-state index is 16.8. The first-order chi connectivity index (χ1) is 31.3. The van der Waals surface area contributed by atoms with Gasteiger partial charge in [-0.1, -0.05) is 0 Å². The molecule has 362 valence electrons. The van der Waals surface area contributed by atoms with Gasteiger partial charge in [0.15, 0.2) is 155 Å². The highest BCUT2D eigenvalue weighted by atomic mass is 29.3. The second kappa shape index (κ2) is 16.7. The number of benzene rings is 6. The molecule has 0 spiro atoms. The van der Waals surface area contributed by atoms with Gasteiger partial charge in [0, 0.05) is 31.1 Å². The molecule has 0 aromatic heterocycles. The molecule has 0 saturated carbocycles. The predicted octanol–water partition coefficient (Wildman–Crippen LogP) is 8.58. The molecule has 0 aliphatic heterocycles. The van der Waals surface area contributed by atoms with Crippen molar-refractivity contribution in [2.45, 2.75) is 0 Å². The third-order valence-corrected chi connectivity index (χ3v) is 26.2. The summed E-state index contributed by atoms with van der Waals surface area (Å²) >= 11 is 0. The summed E-state index contributed by atoms with van der Waals surface area (Å²) in [6, 6.07) is 0. The largest absolute Gasteiger partial charge is 0.204 e. The summed E-state index contributed by atoms with van der Waals surface area (Å²) in [5, 5.41) is -27.2. The van der Waals surface area contributed by atoms with Crippen molar-refractivity contribution in [2.24, 2.45) is 0 Å². The Morgan fingerprint density at radius 2 is 0.162 bits per heavy atom. The van der Waals surface area contributed by atoms with E-state index in [9.17, 15) is 26.3 Å². The Morgan fingerprint density at radius 3 is 0.235 bits per heavy atom. The molecule has 6 aromatic rings. The molecule has 6 rings (SSSR count). The van der Waals surface area contributed by atoms with Crippen molar-refractivity contribution >= 4 is 46.3 Å². The SMILES string of the molecule is Fc1c(F)c(F)c([Si](c2c(F)c(F)c(F)c(F)c2F)(c2c(F)c(F)c(F)c(F)c2F)[Si](c2c(F)c(F)c(F)c(F)c2F)(c2c(F)c(F)c(F)c(F)c2F)c2c(F)c(F)c(F)c(F)c2F)c(F)c1F. The van der Waals surface area contributed by atoms with Crippen LogP contribution in [-0.2, 0) is 0 Å². The highest BCUT2D eigenvalue weighted by Crippen LogP contribution is 2.38. The minimum atomic E-state index is -10.7.